The second-order valence-electron chi connectivity index (χ2n) is 6.75. The molecule has 0 fully saturated rings. The van der Waals surface area contributed by atoms with Gasteiger partial charge in [0.15, 0.2) is 5.69 Å². The fourth-order valence-electron chi connectivity index (χ4n) is 3.60. The van der Waals surface area contributed by atoms with Crippen LogP contribution in [-0.2, 0) is 12.7 Å². The average molecular weight is 387 g/mol. The number of aromatic nitrogens is 2. The van der Waals surface area contributed by atoms with E-state index in [0.29, 0.717) is 23.4 Å². The second-order valence-corrected chi connectivity index (χ2v) is 6.75. The Hall–Kier alpha value is -2.80. The third kappa shape index (κ3) is 3.62. The number of nitrogens with zero attached hydrogens (tertiary/aromatic N) is 2. The molecule has 0 spiro atoms. The van der Waals surface area contributed by atoms with Crippen molar-refractivity contribution in [3.8, 4) is 11.3 Å². The normalized spacial score (nSPS) is 17.1. The second kappa shape index (κ2) is 7.31. The molecule has 4 rings (SSSR count). The van der Waals surface area contributed by atoms with Crippen LogP contribution in [0.15, 0.2) is 54.6 Å². The molecule has 1 atom stereocenters. The molecule has 0 saturated heterocycles. The molecular formula is C21H17F4N3. The lowest BCUT2D eigenvalue weighted by Crippen LogP contribution is -2.12. The SMILES string of the molecule is Fc1ccccc1C1CCNCc2cc(-c3ccc(C(F)(F)F)nn3)ccc21. The maximum Gasteiger partial charge on any atom is 0.435 e. The minimum atomic E-state index is -4.52. The van der Waals surface area contributed by atoms with Crippen LogP contribution in [0.1, 0.15) is 34.7 Å². The summed E-state index contributed by atoms with van der Waals surface area (Å²) in [5.74, 6) is -0.322. The Morgan fingerprint density at radius 2 is 1.75 bits per heavy atom. The quantitative estimate of drug-likeness (QED) is 0.634. The highest BCUT2D eigenvalue weighted by molar-refractivity contribution is 5.61. The van der Waals surface area contributed by atoms with Gasteiger partial charge in [-0.25, -0.2) is 4.39 Å². The molecule has 0 bridgehead atoms. The van der Waals surface area contributed by atoms with Crippen molar-refractivity contribution in [2.24, 2.45) is 0 Å². The van der Waals surface area contributed by atoms with Crippen LogP contribution < -0.4 is 5.32 Å². The van der Waals surface area contributed by atoms with Gasteiger partial charge in [0, 0.05) is 18.0 Å². The summed E-state index contributed by atoms with van der Waals surface area (Å²) in [6.45, 7) is 1.34. The van der Waals surface area contributed by atoms with Crippen LogP contribution in [0.2, 0.25) is 0 Å². The minimum absolute atomic E-state index is 0.0843. The third-order valence-corrected chi connectivity index (χ3v) is 4.98. The first kappa shape index (κ1) is 18.6. The molecule has 1 unspecified atom stereocenters. The summed E-state index contributed by atoms with van der Waals surface area (Å²) in [6.07, 6.45) is -3.76. The minimum Gasteiger partial charge on any atom is -0.313 e. The van der Waals surface area contributed by atoms with Gasteiger partial charge in [-0.05, 0) is 53.9 Å². The van der Waals surface area contributed by atoms with Gasteiger partial charge in [-0.15, -0.1) is 10.2 Å². The van der Waals surface area contributed by atoms with Gasteiger partial charge in [-0.2, -0.15) is 13.2 Å². The zero-order valence-corrected chi connectivity index (χ0v) is 14.8. The van der Waals surface area contributed by atoms with Gasteiger partial charge < -0.3 is 5.32 Å². The highest BCUT2D eigenvalue weighted by atomic mass is 19.4. The lowest BCUT2D eigenvalue weighted by molar-refractivity contribution is -0.141. The summed E-state index contributed by atoms with van der Waals surface area (Å²) in [7, 11) is 0. The van der Waals surface area contributed by atoms with Crippen molar-refractivity contribution >= 4 is 0 Å². The molecule has 1 aliphatic rings. The molecule has 0 amide bonds. The molecule has 1 N–H and O–H groups in total. The van der Waals surface area contributed by atoms with Crippen molar-refractivity contribution in [1.29, 1.82) is 0 Å². The van der Waals surface area contributed by atoms with E-state index in [9.17, 15) is 17.6 Å². The largest absolute Gasteiger partial charge is 0.435 e. The van der Waals surface area contributed by atoms with Crippen molar-refractivity contribution in [3.05, 3.63) is 82.8 Å². The maximum absolute atomic E-state index is 14.3. The van der Waals surface area contributed by atoms with Crippen LogP contribution in [0.5, 0.6) is 0 Å². The molecule has 7 heteroatoms. The van der Waals surface area contributed by atoms with Gasteiger partial charge in [0.2, 0.25) is 0 Å². The highest BCUT2D eigenvalue weighted by Gasteiger charge is 2.33. The number of nitrogens with one attached hydrogen (secondary N) is 1. The molecule has 3 nitrogen and oxygen atoms in total. The molecule has 28 heavy (non-hydrogen) atoms. The van der Waals surface area contributed by atoms with E-state index in [0.717, 1.165) is 30.2 Å². The monoisotopic (exact) mass is 387 g/mol. The lowest BCUT2D eigenvalue weighted by Gasteiger charge is -2.19. The number of alkyl halides is 3. The molecule has 0 aliphatic carbocycles. The van der Waals surface area contributed by atoms with Gasteiger partial charge in [-0.3, -0.25) is 0 Å². The van der Waals surface area contributed by atoms with Crippen LogP contribution in [-0.4, -0.2) is 16.7 Å². The average Bonchev–Trinajstić information content (AvgIpc) is 2.90. The smallest absolute Gasteiger partial charge is 0.313 e. The number of halogens is 4. The zero-order valence-electron chi connectivity index (χ0n) is 14.8. The van der Waals surface area contributed by atoms with Crippen LogP contribution in [0.25, 0.3) is 11.3 Å². The van der Waals surface area contributed by atoms with Crippen molar-refractivity contribution in [2.45, 2.75) is 25.1 Å². The van der Waals surface area contributed by atoms with Crippen LogP contribution in [0, 0.1) is 5.82 Å². The first-order valence-electron chi connectivity index (χ1n) is 8.93. The van der Waals surface area contributed by atoms with E-state index in [1.807, 2.05) is 18.2 Å². The Balaban J connectivity index is 1.71. The Bertz CT molecular complexity index is 984. The topological polar surface area (TPSA) is 37.8 Å². The van der Waals surface area contributed by atoms with Gasteiger partial charge in [0.1, 0.15) is 5.82 Å². The van der Waals surface area contributed by atoms with Crippen LogP contribution in [0.3, 0.4) is 0 Å². The van der Waals surface area contributed by atoms with E-state index < -0.39 is 11.9 Å². The molecule has 2 aromatic carbocycles. The number of hydrogen-bond donors (Lipinski definition) is 1. The molecule has 0 radical (unpaired) electrons. The van der Waals surface area contributed by atoms with Crippen molar-refractivity contribution in [3.63, 3.8) is 0 Å². The van der Waals surface area contributed by atoms with E-state index in [-0.39, 0.29) is 11.7 Å². The summed E-state index contributed by atoms with van der Waals surface area (Å²) < 4.78 is 52.4. The molecule has 144 valence electrons. The predicted molar refractivity (Wildman–Crippen MR) is 97.0 cm³/mol. The first-order valence-corrected chi connectivity index (χ1v) is 8.93. The van der Waals surface area contributed by atoms with Gasteiger partial charge in [0.25, 0.3) is 0 Å². The van der Waals surface area contributed by atoms with E-state index in [1.54, 1.807) is 18.2 Å². The van der Waals surface area contributed by atoms with E-state index in [1.165, 1.54) is 12.1 Å². The van der Waals surface area contributed by atoms with Crippen molar-refractivity contribution < 1.29 is 17.6 Å². The summed E-state index contributed by atoms with van der Waals surface area (Å²) in [4.78, 5) is 0. The number of fused-ring (bicyclic) bond motifs is 1. The summed E-state index contributed by atoms with van der Waals surface area (Å²) in [5, 5.41) is 10.3. The molecule has 2 heterocycles. The maximum atomic E-state index is 14.3. The lowest BCUT2D eigenvalue weighted by atomic mass is 9.85. The molecule has 1 aromatic heterocycles. The standard InChI is InChI=1S/C21H17F4N3/c22-18-4-2-1-3-17(18)16-9-10-26-12-14-11-13(5-6-15(14)16)19-7-8-20(28-27-19)21(23,24)25/h1-8,11,16,26H,9-10,12H2. The van der Waals surface area contributed by atoms with E-state index in [4.69, 9.17) is 0 Å². The van der Waals surface area contributed by atoms with Gasteiger partial charge in [-0.1, -0.05) is 30.3 Å². The van der Waals surface area contributed by atoms with E-state index >= 15 is 0 Å². The Kier molecular flexibility index (Phi) is 4.85. The summed E-state index contributed by atoms with van der Waals surface area (Å²) >= 11 is 0. The number of benzene rings is 2. The van der Waals surface area contributed by atoms with Crippen LogP contribution in [0.4, 0.5) is 17.6 Å². The van der Waals surface area contributed by atoms with Gasteiger partial charge in [0.05, 0.1) is 5.69 Å². The fraction of sp³-hybridized carbons (Fsp3) is 0.238. The third-order valence-electron chi connectivity index (χ3n) is 4.98. The zero-order chi connectivity index (χ0) is 19.7. The van der Waals surface area contributed by atoms with Crippen LogP contribution >= 0.6 is 0 Å². The predicted octanol–water partition coefficient (Wildman–Crippen LogP) is 4.93. The highest BCUT2D eigenvalue weighted by Crippen LogP contribution is 2.35. The Labute approximate surface area is 159 Å². The Morgan fingerprint density at radius 1 is 0.929 bits per heavy atom. The summed E-state index contributed by atoms with van der Waals surface area (Å²) in [5.41, 5.74) is 2.66. The van der Waals surface area contributed by atoms with Crippen molar-refractivity contribution in [1.82, 2.24) is 15.5 Å². The van der Waals surface area contributed by atoms with Gasteiger partial charge >= 0.3 is 6.18 Å². The fourth-order valence-corrected chi connectivity index (χ4v) is 3.60. The summed E-state index contributed by atoms with van der Waals surface area (Å²) in [6, 6.07) is 14.6. The molecular weight excluding hydrogens is 370 g/mol. The molecule has 0 saturated carbocycles. The molecule has 1 aliphatic heterocycles. The first-order chi connectivity index (χ1) is 13.4. The number of rotatable bonds is 2. The van der Waals surface area contributed by atoms with Crippen molar-refractivity contribution in [2.75, 3.05) is 6.54 Å². The van der Waals surface area contributed by atoms with E-state index in [2.05, 4.69) is 15.5 Å². The molecule has 3 aromatic rings. The Morgan fingerprint density at radius 3 is 2.46 bits per heavy atom. The number of hydrogen-bond acceptors (Lipinski definition) is 3.